The van der Waals surface area contributed by atoms with Gasteiger partial charge in [-0.05, 0) is 42.5 Å². The largest absolute Gasteiger partial charge is 0.480 e. The molecule has 0 spiro atoms. The number of fused-ring (bicyclic) bond motifs is 2. The number of para-hydroxylation sites is 2. The second-order valence-corrected chi connectivity index (χ2v) is 10.6. The molecule has 12 heteroatoms. The second-order valence-electron chi connectivity index (χ2n) is 10.6. The number of aliphatic carboxylic acids is 1. The first-order valence-electron chi connectivity index (χ1n) is 13.9. The molecule has 0 saturated carbocycles. The van der Waals surface area contributed by atoms with Crippen LogP contribution in [0.5, 0.6) is 0 Å². The predicted molar refractivity (Wildman–Crippen MR) is 155 cm³/mol. The normalized spacial score (nSPS) is 17.2. The molecule has 8 N–H and O–H groups in total. The lowest BCUT2D eigenvalue weighted by Crippen LogP contribution is -2.57. The molecule has 3 amide bonds. The van der Waals surface area contributed by atoms with Crippen LogP contribution in [0, 0.1) is 0 Å². The number of nitrogens with zero attached hydrogens (tertiary/aromatic N) is 1. The molecule has 1 saturated heterocycles. The van der Waals surface area contributed by atoms with Gasteiger partial charge in [-0.3, -0.25) is 14.4 Å². The van der Waals surface area contributed by atoms with Crippen molar-refractivity contribution >= 4 is 45.5 Å². The molecule has 2 aromatic carbocycles. The summed E-state index contributed by atoms with van der Waals surface area (Å²) in [4.78, 5) is 59.4. The molecular weight excluding hydrogens is 540 g/mol. The van der Waals surface area contributed by atoms with E-state index in [-0.39, 0.29) is 18.7 Å². The smallest absolute Gasteiger partial charge is 0.328 e. The summed E-state index contributed by atoms with van der Waals surface area (Å²) in [6, 6.07) is 10.8. The molecule has 220 valence electrons. The lowest BCUT2D eigenvalue weighted by molar-refractivity contribution is -0.144. The number of aliphatic hydroxyl groups excluding tert-OH is 1. The Morgan fingerprint density at radius 2 is 1.50 bits per heavy atom. The molecule has 1 aliphatic rings. The first kappa shape index (κ1) is 28.8. The number of rotatable bonds is 11. The van der Waals surface area contributed by atoms with Gasteiger partial charge in [-0.1, -0.05) is 36.4 Å². The Bertz CT molecular complexity index is 1610. The molecule has 1 fully saturated rings. The van der Waals surface area contributed by atoms with Crippen molar-refractivity contribution in [2.75, 3.05) is 13.2 Å². The molecule has 4 atom stereocenters. The van der Waals surface area contributed by atoms with Crippen LogP contribution in [0.4, 0.5) is 0 Å². The number of hydrogen-bond acceptors (Lipinski definition) is 6. The quantitative estimate of drug-likeness (QED) is 0.138. The van der Waals surface area contributed by atoms with Gasteiger partial charge < -0.3 is 41.4 Å². The van der Waals surface area contributed by atoms with Gasteiger partial charge in [-0.15, -0.1) is 0 Å². The van der Waals surface area contributed by atoms with Gasteiger partial charge in [0, 0.05) is 47.2 Å². The summed E-state index contributed by atoms with van der Waals surface area (Å²) in [5.41, 5.74) is 9.77. The molecule has 4 aromatic rings. The molecule has 0 bridgehead atoms. The summed E-state index contributed by atoms with van der Waals surface area (Å²) in [7, 11) is 0. The maximum Gasteiger partial charge on any atom is 0.328 e. The monoisotopic (exact) mass is 574 g/mol. The van der Waals surface area contributed by atoms with Crippen molar-refractivity contribution in [1.82, 2.24) is 25.5 Å². The Labute approximate surface area is 241 Å². The zero-order valence-electron chi connectivity index (χ0n) is 22.9. The molecule has 0 aliphatic carbocycles. The Hall–Kier alpha value is -4.68. The Morgan fingerprint density at radius 1 is 0.905 bits per heavy atom. The maximum absolute atomic E-state index is 13.6. The van der Waals surface area contributed by atoms with Crippen LogP contribution in [0.1, 0.15) is 24.0 Å². The second kappa shape index (κ2) is 12.5. The lowest BCUT2D eigenvalue weighted by Gasteiger charge is -2.28. The fourth-order valence-corrected chi connectivity index (χ4v) is 5.60. The highest BCUT2D eigenvalue weighted by Gasteiger charge is 2.38. The highest BCUT2D eigenvalue weighted by Crippen LogP contribution is 2.23. The minimum absolute atomic E-state index is 0.0557. The minimum atomic E-state index is -1.54. The topological polar surface area (TPSA) is 194 Å². The zero-order valence-corrected chi connectivity index (χ0v) is 22.9. The Kier molecular flexibility index (Phi) is 8.55. The van der Waals surface area contributed by atoms with Gasteiger partial charge in [0.25, 0.3) is 0 Å². The molecule has 42 heavy (non-hydrogen) atoms. The molecule has 2 aromatic heterocycles. The highest BCUT2D eigenvalue weighted by atomic mass is 16.4. The van der Waals surface area contributed by atoms with E-state index in [2.05, 4.69) is 20.6 Å². The van der Waals surface area contributed by atoms with Gasteiger partial charge >= 0.3 is 5.97 Å². The van der Waals surface area contributed by atoms with Crippen LogP contribution < -0.4 is 16.4 Å². The van der Waals surface area contributed by atoms with Gasteiger partial charge in [0.1, 0.15) is 18.1 Å². The number of carboxylic acids is 1. The molecule has 0 radical (unpaired) electrons. The first-order chi connectivity index (χ1) is 20.3. The zero-order chi connectivity index (χ0) is 29.8. The van der Waals surface area contributed by atoms with Crippen molar-refractivity contribution in [3.63, 3.8) is 0 Å². The third kappa shape index (κ3) is 5.99. The van der Waals surface area contributed by atoms with E-state index in [9.17, 15) is 29.4 Å². The number of amides is 3. The maximum atomic E-state index is 13.6. The van der Waals surface area contributed by atoms with E-state index in [1.807, 2.05) is 54.7 Å². The van der Waals surface area contributed by atoms with Crippen LogP contribution in [-0.2, 0) is 32.0 Å². The van der Waals surface area contributed by atoms with Crippen LogP contribution in [0.3, 0.4) is 0 Å². The van der Waals surface area contributed by atoms with Gasteiger partial charge in [0.05, 0.1) is 12.6 Å². The lowest BCUT2D eigenvalue weighted by atomic mass is 10.0. The number of carboxylic acid groups (broad SMARTS) is 1. The van der Waals surface area contributed by atoms with Crippen LogP contribution in [0.25, 0.3) is 21.8 Å². The summed E-state index contributed by atoms with van der Waals surface area (Å²) < 4.78 is 0. The van der Waals surface area contributed by atoms with Crippen LogP contribution in [-0.4, -0.2) is 86.1 Å². The molecule has 12 nitrogen and oxygen atoms in total. The van der Waals surface area contributed by atoms with Crippen molar-refractivity contribution in [2.24, 2.45) is 5.73 Å². The first-order valence-corrected chi connectivity index (χ1v) is 13.9. The van der Waals surface area contributed by atoms with Gasteiger partial charge in [0.2, 0.25) is 17.7 Å². The number of hydrogen-bond donors (Lipinski definition) is 7. The standard InChI is InChI=1S/C30H34N6O6/c31-21(12-17-14-32-22-8-3-1-6-19(17)22)29(40)36-11-5-10-26(36)28(39)34-24(27(38)35-25(16-37)30(41)42)13-18-15-33-23-9-4-2-7-20(18)23/h1-4,6-9,14-15,21,24-26,32-33,37H,5,10-13,16,31H2,(H,34,39)(H,35,38)(H,41,42). The van der Waals surface area contributed by atoms with E-state index in [4.69, 9.17) is 5.73 Å². The number of benzene rings is 2. The SMILES string of the molecule is NC(Cc1c[nH]c2ccccc12)C(=O)N1CCCC1C(=O)NC(Cc1c[nH]c2ccccc12)C(=O)NC(CO)C(=O)O. The van der Waals surface area contributed by atoms with E-state index in [0.29, 0.717) is 19.4 Å². The number of aromatic amines is 2. The Balaban J connectivity index is 1.32. The van der Waals surface area contributed by atoms with E-state index in [1.165, 1.54) is 4.90 Å². The van der Waals surface area contributed by atoms with Crippen LogP contribution >= 0.6 is 0 Å². The Morgan fingerprint density at radius 3 is 2.10 bits per heavy atom. The summed E-state index contributed by atoms with van der Waals surface area (Å²) in [6.45, 7) is -0.461. The molecule has 5 rings (SSSR count). The van der Waals surface area contributed by atoms with Crippen molar-refractivity contribution in [2.45, 2.75) is 49.9 Å². The van der Waals surface area contributed by atoms with E-state index in [0.717, 1.165) is 32.9 Å². The number of likely N-dealkylation sites (tertiary alicyclic amines) is 1. The number of carbonyl (C=O) groups is 4. The highest BCUT2D eigenvalue weighted by molar-refractivity contribution is 5.95. The van der Waals surface area contributed by atoms with Crippen molar-refractivity contribution in [3.8, 4) is 0 Å². The summed E-state index contributed by atoms with van der Waals surface area (Å²) >= 11 is 0. The number of aromatic nitrogens is 2. The van der Waals surface area contributed by atoms with Crippen LogP contribution in [0.2, 0.25) is 0 Å². The van der Waals surface area contributed by atoms with E-state index in [1.54, 1.807) is 6.20 Å². The van der Waals surface area contributed by atoms with Gasteiger partial charge in [-0.25, -0.2) is 4.79 Å². The fourth-order valence-electron chi connectivity index (χ4n) is 5.60. The number of nitrogens with two attached hydrogens (primary N) is 1. The number of carbonyl (C=O) groups excluding carboxylic acids is 3. The van der Waals surface area contributed by atoms with Crippen molar-refractivity contribution in [1.29, 1.82) is 0 Å². The summed E-state index contributed by atoms with van der Waals surface area (Å²) in [5, 5.41) is 25.6. The molecule has 3 heterocycles. The van der Waals surface area contributed by atoms with Crippen molar-refractivity contribution in [3.05, 3.63) is 72.1 Å². The molecule has 1 aliphatic heterocycles. The van der Waals surface area contributed by atoms with E-state index < -0.39 is 48.6 Å². The average molecular weight is 575 g/mol. The van der Waals surface area contributed by atoms with Gasteiger partial charge in [-0.2, -0.15) is 0 Å². The number of nitrogens with one attached hydrogen (secondary N) is 4. The third-order valence-corrected chi connectivity index (χ3v) is 7.80. The minimum Gasteiger partial charge on any atom is -0.480 e. The summed E-state index contributed by atoms with van der Waals surface area (Å²) in [5.74, 6) is -3.06. The molecule has 4 unspecified atom stereocenters. The van der Waals surface area contributed by atoms with E-state index >= 15 is 0 Å². The predicted octanol–water partition coefficient (Wildman–Crippen LogP) is 0.799. The third-order valence-electron chi connectivity index (χ3n) is 7.80. The average Bonchev–Trinajstić information content (AvgIpc) is 3.74. The molecular formula is C30H34N6O6. The van der Waals surface area contributed by atoms with Gasteiger partial charge in [0.15, 0.2) is 0 Å². The van der Waals surface area contributed by atoms with Crippen molar-refractivity contribution < 1.29 is 29.4 Å². The van der Waals surface area contributed by atoms with Crippen LogP contribution in [0.15, 0.2) is 60.9 Å². The summed E-state index contributed by atoms with van der Waals surface area (Å²) in [6.07, 6.45) is 4.89. The number of H-pyrrole nitrogens is 2. The fraction of sp³-hybridized carbons (Fsp3) is 0.333. The number of aliphatic hydroxyl groups is 1.